The van der Waals surface area contributed by atoms with Gasteiger partial charge in [0, 0.05) is 32.2 Å². The lowest BCUT2D eigenvalue weighted by Crippen LogP contribution is -2.60. The highest BCUT2D eigenvalue weighted by Gasteiger charge is 2.70. The average Bonchev–Trinajstić information content (AvgIpc) is 3.20. The number of alkyl halides is 3. The topological polar surface area (TPSA) is 160 Å². The molecule has 0 bridgehead atoms. The Morgan fingerprint density at radius 3 is 2.37 bits per heavy atom. The van der Waals surface area contributed by atoms with Gasteiger partial charge in [-0.15, -0.1) is 0 Å². The van der Waals surface area contributed by atoms with Gasteiger partial charge in [-0.05, 0) is 48.9 Å². The van der Waals surface area contributed by atoms with Gasteiger partial charge in [0.15, 0.2) is 0 Å². The van der Waals surface area contributed by atoms with E-state index in [1.54, 1.807) is 0 Å². The lowest BCUT2D eigenvalue weighted by Gasteiger charge is -2.37. The van der Waals surface area contributed by atoms with Gasteiger partial charge in [0.2, 0.25) is 23.6 Å². The standard InChI is InChI=1S/C24H34F3N5O6/c1-23(2)13-10-32(21(36)16(11-4-7-38-8-5-11)31-22(37)24(25,26)27)17(15(13)23)20(35)30-14(18(28)33)9-12-3-6-29-19(12)34/h11-17H,3-10H2,1-2H3,(H2,28,33)(H,29,34)(H,30,35)(H,31,37)/t12-,13-,14-,15-,16-,17-/m0/s1. The highest BCUT2D eigenvalue weighted by atomic mass is 19.4. The van der Waals surface area contributed by atoms with Crippen LogP contribution in [0, 0.1) is 29.1 Å². The minimum absolute atomic E-state index is 0.00258. The second-order valence-corrected chi connectivity index (χ2v) is 11.3. The van der Waals surface area contributed by atoms with Crippen LogP contribution in [0.2, 0.25) is 0 Å². The molecule has 4 fully saturated rings. The maximum Gasteiger partial charge on any atom is 0.471 e. The first-order valence-corrected chi connectivity index (χ1v) is 12.9. The van der Waals surface area contributed by atoms with E-state index in [9.17, 15) is 37.1 Å². The van der Waals surface area contributed by atoms with E-state index in [2.05, 4.69) is 10.6 Å². The molecule has 3 saturated heterocycles. The molecule has 3 aliphatic heterocycles. The van der Waals surface area contributed by atoms with Crippen LogP contribution in [-0.2, 0) is 28.7 Å². The largest absolute Gasteiger partial charge is 0.471 e. The van der Waals surface area contributed by atoms with Crippen LogP contribution in [0.15, 0.2) is 0 Å². The molecule has 0 aromatic heterocycles. The molecule has 11 nitrogen and oxygen atoms in total. The highest BCUT2D eigenvalue weighted by Crippen LogP contribution is 2.65. The van der Waals surface area contributed by atoms with Gasteiger partial charge < -0.3 is 31.3 Å². The Morgan fingerprint density at radius 1 is 1.16 bits per heavy atom. The fourth-order valence-electron chi connectivity index (χ4n) is 6.30. The molecule has 6 atom stereocenters. The smallest absolute Gasteiger partial charge is 0.381 e. The van der Waals surface area contributed by atoms with Crippen molar-refractivity contribution in [3.63, 3.8) is 0 Å². The maximum atomic E-state index is 13.7. The molecule has 3 heterocycles. The molecule has 0 spiro atoms. The molecule has 0 aromatic carbocycles. The molecule has 212 valence electrons. The van der Waals surface area contributed by atoms with E-state index in [0.717, 1.165) is 0 Å². The number of hydrogen-bond donors (Lipinski definition) is 4. The summed E-state index contributed by atoms with van der Waals surface area (Å²) in [6.07, 6.45) is -4.17. The van der Waals surface area contributed by atoms with Crippen molar-refractivity contribution in [2.45, 2.75) is 63.8 Å². The van der Waals surface area contributed by atoms with Crippen molar-refractivity contribution in [3.05, 3.63) is 0 Å². The summed E-state index contributed by atoms with van der Waals surface area (Å²) >= 11 is 0. The zero-order valence-corrected chi connectivity index (χ0v) is 21.3. The van der Waals surface area contributed by atoms with Crippen molar-refractivity contribution in [2.24, 2.45) is 34.8 Å². The molecule has 14 heteroatoms. The van der Waals surface area contributed by atoms with Gasteiger partial charge in [-0.3, -0.25) is 24.0 Å². The molecule has 5 N–H and O–H groups in total. The Labute approximate surface area is 217 Å². The summed E-state index contributed by atoms with van der Waals surface area (Å²) in [5, 5.41) is 7.12. The van der Waals surface area contributed by atoms with Gasteiger partial charge in [-0.1, -0.05) is 13.8 Å². The third-order valence-corrected chi connectivity index (χ3v) is 8.65. The summed E-state index contributed by atoms with van der Waals surface area (Å²) < 4.78 is 44.6. The van der Waals surface area contributed by atoms with Gasteiger partial charge in [0.05, 0.1) is 0 Å². The quantitative estimate of drug-likeness (QED) is 0.320. The van der Waals surface area contributed by atoms with Crippen LogP contribution in [0.1, 0.15) is 39.5 Å². The summed E-state index contributed by atoms with van der Waals surface area (Å²) in [5.74, 6) is -6.21. The molecule has 0 radical (unpaired) electrons. The first-order chi connectivity index (χ1) is 17.7. The van der Waals surface area contributed by atoms with Gasteiger partial charge in [0.25, 0.3) is 0 Å². The normalized spacial score (nSPS) is 30.1. The molecule has 1 saturated carbocycles. The predicted octanol–water partition coefficient (Wildman–Crippen LogP) is -0.561. The Morgan fingerprint density at radius 2 is 1.82 bits per heavy atom. The van der Waals surface area contributed by atoms with Gasteiger partial charge in [0.1, 0.15) is 18.1 Å². The first kappa shape index (κ1) is 28.1. The van der Waals surface area contributed by atoms with E-state index in [1.807, 2.05) is 19.2 Å². The molecule has 4 aliphatic rings. The number of nitrogens with zero attached hydrogens (tertiary/aromatic N) is 1. The number of likely N-dealkylation sites (tertiary alicyclic amines) is 1. The van der Waals surface area contributed by atoms with E-state index >= 15 is 0 Å². The van der Waals surface area contributed by atoms with Crippen molar-refractivity contribution in [3.8, 4) is 0 Å². The van der Waals surface area contributed by atoms with Gasteiger partial charge in [-0.2, -0.15) is 13.2 Å². The highest BCUT2D eigenvalue weighted by molar-refractivity contribution is 5.96. The van der Waals surface area contributed by atoms with Crippen molar-refractivity contribution >= 4 is 29.5 Å². The summed E-state index contributed by atoms with van der Waals surface area (Å²) in [5.41, 5.74) is 5.20. The van der Waals surface area contributed by atoms with Crippen LogP contribution in [0.25, 0.3) is 0 Å². The zero-order chi connectivity index (χ0) is 28.0. The van der Waals surface area contributed by atoms with E-state index in [1.165, 1.54) is 4.90 Å². The lowest BCUT2D eigenvalue weighted by molar-refractivity contribution is -0.176. The maximum absolute atomic E-state index is 13.7. The number of carbonyl (C=O) groups excluding carboxylic acids is 5. The van der Waals surface area contributed by atoms with Gasteiger partial charge >= 0.3 is 12.1 Å². The fraction of sp³-hybridized carbons (Fsp3) is 0.792. The summed E-state index contributed by atoms with van der Waals surface area (Å²) in [7, 11) is 0. The Bertz CT molecular complexity index is 999. The average molecular weight is 546 g/mol. The number of fused-ring (bicyclic) bond motifs is 1. The van der Waals surface area contributed by atoms with Crippen LogP contribution in [0.4, 0.5) is 13.2 Å². The fourth-order valence-corrected chi connectivity index (χ4v) is 6.30. The van der Waals surface area contributed by atoms with E-state index in [4.69, 9.17) is 10.5 Å². The second-order valence-electron chi connectivity index (χ2n) is 11.3. The zero-order valence-electron chi connectivity index (χ0n) is 21.3. The molecule has 5 amide bonds. The van der Waals surface area contributed by atoms with Crippen LogP contribution < -0.4 is 21.7 Å². The Kier molecular flexibility index (Phi) is 7.65. The number of rotatable bonds is 8. The van der Waals surface area contributed by atoms with Crippen molar-refractivity contribution < 1.29 is 41.9 Å². The minimum Gasteiger partial charge on any atom is -0.381 e. The number of amides is 5. The number of nitrogens with one attached hydrogen (secondary N) is 3. The number of halogens is 3. The van der Waals surface area contributed by atoms with Crippen molar-refractivity contribution in [1.29, 1.82) is 0 Å². The van der Waals surface area contributed by atoms with Crippen molar-refractivity contribution in [1.82, 2.24) is 20.9 Å². The Hall–Kier alpha value is -2.90. The molecule has 0 unspecified atom stereocenters. The third kappa shape index (κ3) is 5.45. The Balaban J connectivity index is 1.55. The van der Waals surface area contributed by atoms with Gasteiger partial charge in [-0.25, -0.2) is 0 Å². The van der Waals surface area contributed by atoms with E-state index in [-0.39, 0.29) is 62.2 Å². The number of carbonyl (C=O) groups is 5. The van der Waals surface area contributed by atoms with Crippen molar-refractivity contribution in [2.75, 3.05) is 26.3 Å². The summed E-state index contributed by atoms with van der Waals surface area (Å²) in [4.78, 5) is 64.5. The SMILES string of the molecule is CC1(C)[C@@H]2[C@@H](C(=O)N[C@@H](C[C@@H]3CCNC3=O)C(N)=O)N(C(=O)[C@@H](NC(=O)C(F)(F)F)C3CCOCC3)C[C@@H]21. The minimum atomic E-state index is -5.18. The monoisotopic (exact) mass is 545 g/mol. The van der Waals surface area contributed by atoms with Crippen LogP contribution in [0.3, 0.4) is 0 Å². The molecule has 0 aromatic rings. The summed E-state index contributed by atoms with van der Waals surface area (Å²) in [6.45, 7) is 4.90. The second kappa shape index (κ2) is 10.3. The predicted molar refractivity (Wildman–Crippen MR) is 125 cm³/mol. The number of piperidine rings is 1. The molecular weight excluding hydrogens is 511 g/mol. The molecule has 4 rings (SSSR count). The summed E-state index contributed by atoms with van der Waals surface area (Å²) in [6, 6.07) is -3.71. The first-order valence-electron chi connectivity index (χ1n) is 12.9. The van der Waals surface area contributed by atoms with E-state index < -0.39 is 59.8 Å². The van der Waals surface area contributed by atoms with E-state index in [0.29, 0.717) is 13.0 Å². The van der Waals surface area contributed by atoms with Crippen LogP contribution >= 0.6 is 0 Å². The molecule has 38 heavy (non-hydrogen) atoms. The number of ether oxygens (including phenoxy) is 1. The number of hydrogen-bond acceptors (Lipinski definition) is 6. The van der Waals surface area contributed by atoms with Crippen LogP contribution in [-0.4, -0.2) is 85.0 Å². The lowest BCUT2D eigenvalue weighted by atomic mass is 9.89. The third-order valence-electron chi connectivity index (χ3n) is 8.65. The number of nitrogens with two attached hydrogens (primary N) is 1. The van der Waals surface area contributed by atoms with Crippen LogP contribution in [0.5, 0.6) is 0 Å². The number of primary amides is 1. The molecular formula is C24H34F3N5O6. The molecule has 1 aliphatic carbocycles.